The van der Waals surface area contributed by atoms with E-state index in [0.29, 0.717) is 6.54 Å². The van der Waals surface area contributed by atoms with Crippen molar-refractivity contribution in [2.24, 2.45) is 5.92 Å². The van der Waals surface area contributed by atoms with Crippen molar-refractivity contribution in [3.8, 4) is 5.75 Å². The number of rotatable bonds is 7. The van der Waals surface area contributed by atoms with Gasteiger partial charge in [0, 0.05) is 12.2 Å². The lowest BCUT2D eigenvalue weighted by atomic mass is 10.3. The third kappa shape index (κ3) is 4.44. The molecule has 94 valence electrons. The Balaban J connectivity index is 1.75. The van der Waals surface area contributed by atoms with Crippen molar-refractivity contribution in [1.29, 1.82) is 0 Å². The van der Waals surface area contributed by atoms with Crippen LogP contribution in [0.1, 0.15) is 12.8 Å². The SMILES string of the molecule is OC(CCl)CNc1ccc(OCC2CC2)cc1. The van der Waals surface area contributed by atoms with Crippen molar-refractivity contribution in [2.45, 2.75) is 18.9 Å². The highest BCUT2D eigenvalue weighted by atomic mass is 35.5. The van der Waals surface area contributed by atoms with Gasteiger partial charge in [-0.1, -0.05) is 0 Å². The number of anilines is 1. The molecule has 0 aromatic heterocycles. The fraction of sp³-hybridized carbons (Fsp3) is 0.538. The summed E-state index contributed by atoms with van der Waals surface area (Å²) in [6.07, 6.45) is 2.09. The Bertz CT molecular complexity index is 338. The highest BCUT2D eigenvalue weighted by molar-refractivity contribution is 6.18. The molecule has 1 aromatic carbocycles. The van der Waals surface area contributed by atoms with Gasteiger partial charge in [0.05, 0.1) is 18.6 Å². The molecule has 2 rings (SSSR count). The molecular weight excluding hydrogens is 238 g/mol. The van der Waals surface area contributed by atoms with E-state index in [1.807, 2.05) is 24.3 Å². The lowest BCUT2D eigenvalue weighted by Crippen LogP contribution is -2.20. The minimum atomic E-state index is -0.512. The zero-order chi connectivity index (χ0) is 12.1. The highest BCUT2D eigenvalue weighted by Gasteiger charge is 2.21. The van der Waals surface area contributed by atoms with Gasteiger partial charge in [-0.3, -0.25) is 0 Å². The van der Waals surface area contributed by atoms with E-state index in [1.54, 1.807) is 0 Å². The van der Waals surface area contributed by atoms with Crippen LogP contribution in [0.5, 0.6) is 5.75 Å². The first-order valence-electron chi connectivity index (χ1n) is 5.98. The first-order chi connectivity index (χ1) is 8.28. The third-order valence-electron chi connectivity index (χ3n) is 2.76. The van der Waals surface area contributed by atoms with Crippen molar-refractivity contribution >= 4 is 17.3 Å². The molecule has 1 aliphatic rings. The summed E-state index contributed by atoms with van der Waals surface area (Å²) in [5, 5.41) is 12.4. The minimum absolute atomic E-state index is 0.246. The van der Waals surface area contributed by atoms with E-state index in [0.717, 1.165) is 24.0 Å². The molecule has 0 saturated heterocycles. The van der Waals surface area contributed by atoms with Crippen molar-refractivity contribution < 1.29 is 9.84 Å². The Morgan fingerprint density at radius 2 is 2.06 bits per heavy atom. The van der Waals surface area contributed by atoms with E-state index in [1.165, 1.54) is 12.8 Å². The number of alkyl halides is 1. The Morgan fingerprint density at radius 1 is 1.35 bits per heavy atom. The lowest BCUT2D eigenvalue weighted by Gasteiger charge is -2.11. The molecule has 1 aliphatic carbocycles. The number of hydrogen-bond acceptors (Lipinski definition) is 3. The molecule has 1 aromatic rings. The first-order valence-corrected chi connectivity index (χ1v) is 6.52. The molecule has 1 fully saturated rings. The number of aliphatic hydroxyl groups is 1. The molecule has 0 radical (unpaired) electrons. The Hall–Kier alpha value is -0.930. The van der Waals surface area contributed by atoms with Crippen LogP contribution in [0.25, 0.3) is 0 Å². The largest absolute Gasteiger partial charge is 0.493 e. The summed E-state index contributed by atoms with van der Waals surface area (Å²) in [4.78, 5) is 0. The van der Waals surface area contributed by atoms with Crippen molar-refractivity contribution in [3.05, 3.63) is 24.3 Å². The molecule has 4 heteroatoms. The standard InChI is InChI=1S/C13H18ClNO2/c14-7-12(16)8-15-11-3-5-13(6-4-11)17-9-10-1-2-10/h3-6,10,12,15-16H,1-2,7-9H2. The number of benzene rings is 1. The van der Waals surface area contributed by atoms with E-state index in [-0.39, 0.29) is 5.88 Å². The van der Waals surface area contributed by atoms with E-state index >= 15 is 0 Å². The number of hydrogen-bond donors (Lipinski definition) is 2. The lowest BCUT2D eigenvalue weighted by molar-refractivity contribution is 0.211. The fourth-order valence-electron chi connectivity index (χ4n) is 1.46. The molecule has 0 heterocycles. The van der Waals surface area contributed by atoms with Crippen LogP contribution in [0.15, 0.2) is 24.3 Å². The summed E-state index contributed by atoms with van der Waals surface area (Å²) in [5.41, 5.74) is 0.966. The van der Waals surface area contributed by atoms with Crippen molar-refractivity contribution in [3.63, 3.8) is 0 Å². The summed E-state index contributed by atoms with van der Waals surface area (Å²) in [6.45, 7) is 1.30. The average molecular weight is 256 g/mol. The van der Waals surface area contributed by atoms with Gasteiger partial charge in [0.1, 0.15) is 5.75 Å². The van der Waals surface area contributed by atoms with Crippen molar-refractivity contribution in [1.82, 2.24) is 0 Å². The molecule has 2 N–H and O–H groups in total. The molecule has 1 unspecified atom stereocenters. The average Bonchev–Trinajstić information content (AvgIpc) is 3.18. The molecule has 17 heavy (non-hydrogen) atoms. The molecule has 0 bridgehead atoms. The van der Waals surface area contributed by atoms with Crippen LogP contribution >= 0.6 is 11.6 Å². The first kappa shape index (κ1) is 12.5. The normalized spacial score (nSPS) is 16.6. The predicted octanol–water partition coefficient (Wildman–Crippen LogP) is 2.49. The van der Waals surface area contributed by atoms with E-state index in [2.05, 4.69) is 5.32 Å². The van der Waals surface area contributed by atoms with Crippen LogP contribution in [-0.2, 0) is 0 Å². The molecule has 0 amide bonds. The summed E-state index contributed by atoms with van der Waals surface area (Å²) >= 11 is 5.51. The summed E-state index contributed by atoms with van der Waals surface area (Å²) in [5.74, 6) is 1.92. The molecule has 1 saturated carbocycles. The number of halogens is 1. The van der Waals surface area contributed by atoms with Crippen molar-refractivity contribution in [2.75, 3.05) is 24.3 Å². The van der Waals surface area contributed by atoms with Crippen LogP contribution in [0.3, 0.4) is 0 Å². The monoisotopic (exact) mass is 255 g/mol. The molecule has 0 aliphatic heterocycles. The number of aliphatic hydroxyl groups excluding tert-OH is 1. The van der Waals surface area contributed by atoms with Crippen LogP contribution in [0.2, 0.25) is 0 Å². The zero-order valence-corrected chi connectivity index (χ0v) is 10.5. The van der Waals surface area contributed by atoms with Crippen LogP contribution in [0.4, 0.5) is 5.69 Å². The van der Waals surface area contributed by atoms with Gasteiger partial charge in [0.2, 0.25) is 0 Å². The Labute approximate surface area is 107 Å². The molecule has 0 spiro atoms. The highest BCUT2D eigenvalue weighted by Crippen LogP contribution is 2.29. The maximum absolute atomic E-state index is 9.31. The van der Waals surface area contributed by atoms with Gasteiger partial charge < -0.3 is 15.2 Å². The zero-order valence-electron chi connectivity index (χ0n) is 9.73. The second-order valence-electron chi connectivity index (χ2n) is 4.47. The van der Waals surface area contributed by atoms with Gasteiger partial charge in [-0.05, 0) is 43.0 Å². The number of nitrogens with one attached hydrogen (secondary N) is 1. The van der Waals surface area contributed by atoms with Gasteiger partial charge in [0.15, 0.2) is 0 Å². The Kier molecular flexibility index (Phi) is 4.51. The topological polar surface area (TPSA) is 41.5 Å². The number of ether oxygens (including phenoxy) is 1. The summed E-state index contributed by atoms with van der Waals surface area (Å²) < 4.78 is 5.63. The molecule has 1 atom stereocenters. The minimum Gasteiger partial charge on any atom is -0.493 e. The van der Waals surface area contributed by atoms with E-state index in [4.69, 9.17) is 16.3 Å². The second-order valence-corrected chi connectivity index (χ2v) is 4.78. The second kappa shape index (κ2) is 6.12. The van der Waals surface area contributed by atoms with E-state index in [9.17, 15) is 5.11 Å². The van der Waals surface area contributed by atoms with Crippen LogP contribution in [-0.4, -0.2) is 30.2 Å². The third-order valence-corrected chi connectivity index (χ3v) is 3.11. The maximum Gasteiger partial charge on any atom is 0.119 e. The summed E-state index contributed by atoms with van der Waals surface area (Å²) in [6, 6.07) is 7.78. The van der Waals surface area contributed by atoms with E-state index < -0.39 is 6.10 Å². The summed E-state index contributed by atoms with van der Waals surface area (Å²) in [7, 11) is 0. The Morgan fingerprint density at radius 3 is 2.65 bits per heavy atom. The van der Waals surface area contributed by atoms with Crippen LogP contribution < -0.4 is 10.1 Å². The van der Waals surface area contributed by atoms with Crippen LogP contribution in [0, 0.1) is 5.92 Å². The van der Waals surface area contributed by atoms with Gasteiger partial charge in [-0.25, -0.2) is 0 Å². The fourth-order valence-corrected chi connectivity index (χ4v) is 1.57. The van der Waals surface area contributed by atoms with Gasteiger partial charge in [-0.2, -0.15) is 0 Å². The maximum atomic E-state index is 9.31. The quantitative estimate of drug-likeness (QED) is 0.736. The van der Waals surface area contributed by atoms with Gasteiger partial charge in [-0.15, -0.1) is 11.6 Å². The molecular formula is C13H18ClNO2. The molecule has 3 nitrogen and oxygen atoms in total. The van der Waals surface area contributed by atoms with Gasteiger partial charge in [0.25, 0.3) is 0 Å². The predicted molar refractivity (Wildman–Crippen MR) is 69.9 cm³/mol. The smallest absolute Gasteiger partial charge is 0.119 e. The van der Waals surface area contributed by atoms with Gasteiger partial charge >= 0.3 is 0 Å².